The van der Waals surface area contributed by atoms with Crippen LogP contribution in [0.5, 0.6) is 0 Å². The van der Waals surface area contributed by atoms with Gasteiger partial charge in [0.2, 0.25) is 0 Å². The summed E-state index contributed by atoms with van der Waals surface area (Å²) in [6, 6.07) is 7.68. The van der Waals surface area contributed by atoms with Gasteiger partial charge in [0.1, 0.15) is 12.3 Å². The van der Waals surface area contributed by atoms with Gasteiger partial charge in [-0.2, -0.15) is 0 Å². The van der Waals surface area contributed by atoms with E-state index < -0.39 is 17.2 Å². The van der Waals surface area contributed by atoms with Crippen LogP contribution in [-0.4, -0.2) is 26.7 Å². The van der Waals surface area contributed by atoms with Crippen molar-refractivity contribution in [3.63, 3.8) is 0 Å². The lowest BCUT2D eigenvalue weighted by atomic mass is 9.93. The minimum absolute atomic E-state index is 0.0350. The van der Waals surface area contributed by atoms with E-state index in [2.05, 4.69) is 25.4 Å². The maximum atomic E-state index is 13.1. The average Bonchev–Trinajstić information content (AvgIpc) is 2.73. The number of esters is 1. The lowest BCUT2D eigenvalue weighted by molar-refractivity contribution is 0.0549. The summed E-state index contributed by atoms with van der Waals surface area (Å²) in [6.45, 7) is 9.44. The number of carbonyl (C=O) groups is 1. The van der Waals surface area contributed by atoms with Crippen LogP contribution in [0.25, 0.3) is 22.2 Å². The van der Waals surface area contributed by atoms with Crippen molar-refractivity contribution in [1.29, 1.82) is 0 Å². The van der Waals surface area contributed by atoms with E-state index in [1.807, 2.05) is 24.3 Å². The van der Waals surface area contributed by atoms with Crippen LogP contribution in [-0.2, 0) is 18.8 Å². The Balaban J connectivity index is 2.49. The highest BCUT2D eigenvalue weighted by molar-refractivity contribution is 6.07. The lowest BCUT2D eigenvalue weighted by Crippen LogP contribution is -2.38. The molecule has 1 aromatic carbocycles. The molecule has 0 atom stereocenters. The first-order chi connectivity index (χ1) is 14.2. The molecule has 0 spiro atoms. The van der Waals surface area contributed by atoms with E-state index in [9.17, 15) is 14.4 Å². The molecule has 2 heterocycles. The van der Waals surface area contributed by atoms with E-state index in [4.69, 9.17) is 4.74 Å². The SMILES string of the molecule is C=CCOC(=O)c1c(C)nc2c(c1-c1ccc(C(C)C)cc1)c(=O)n(C)c(=O)n2C. The van der Waals surface area contributed by atoms with Gasteiger partial charge < -0.3 is 4.74 Å². The summed E-state index contributed by atoms with van der Waals surface area (Å²) in [6.07, 6.45) is 1.47. The molecule has 0 fully saturated rings. The Morgan fingerprint density at radius 2 is 1.80 bits per heavy atom. The Morgan fingerprint density at radius 1 is 1.17 bits per heavy atom. The Hall–Kier alpha value is -3.48. The number of pyridine rings is 1. The zero-order valence-corrected chi connectivity index (χ0v) is 17.9. The summed E-state index contributed by atoms with van der Waals surface area (Å²) in [5, 5.41) is 0.202. The summed E-state index contributed by atoms with van der Waals surface area (Å²) >= 11 is 0. The van der Waals surface area contributed by atoms with Gasteiger partial charge in [-0.15, -0.1) is 0 Å². The monoisotopic (exact) mass is 407 g/mol. The van der Waals surface area contributed by atoms with E-state index >= 15 is 0 Å². The highest BCUT2D eigenvalue weighted by atomic mass is 16.5. The minimum Gasteiger partial charge on any atom is -0.458 e. The van der Waals surface area contributed by atoms with Crippen LogP contribution >= 0.6 is 0 Å². The van der Waals surface area contributed by atoms with E-state index in [-0.39, 0.29) is 23.2 Å². The third-order valence-electron chi connectivity index (χ3n) is 5.17. The largest absolute Gasteiger partial charge is 0.458 e. The van der Waals surface area contributed by atoms with Gasteiger partial charge in [0.05, 0.1) is 16.6 Å². The molecule has 30 heavy (non-hydrogen) atoms. The second-order valence-electron chi connectivity index (χ2n) is 7.52. The number of hydrogen-bond donors (Lipinski definition) is 0. The fourth-order valence-electron chi connectivity index (χ4n) is 3.48. The van der Waals surface area contributed by atoms with Crippen molar-refractivity contribution in [1.82, 2.24) is 14.1 Å². The third kappa shape index (κ3) is 3.47. The fourth-order valence-corrected chi connectivity index (χ4v) is 3.48. The van der Waals surface area contributed by atoms with Gasteiger partial charge in [0.15, 0.2) is 0 Å². The van der Waals surface area contributed by atoms with Crippen LogP contribution in [0.2, 0.25) is 0 Å². The van der Waals surface area contributed by atoms with Crippen LogP contribution in [0.1, 0.15) is 41.4 Å². The predicted molar refractivity (Wildman–Crippen MR) is 117 cm³/mol. The zero-order chi connectivity index (χ0) is 22.2. The summed E-state index contributed by atoms with van der Waals surface area (Å²) in [5.74, 6) is -0.263. The first-order valence-corrected chi connectivity index (χ1v) is 9.67. The zero-order valence-electron chi connectivity index (χ0n) is 17.9. The van der Waals surface area contributed by atoms with Gasteiger partial charge in [-0.3, -0.25) is 13.9 Å². The number of nitrogens with zero attached hydrogens (tertiary/aromatic N) is 3. The van der Waals surface area contributed by atoms with Crippen LogP contribution in [0.15, 0.2) is 46.5 Å². The van der Waals surface area contributed by atoms with Gasteiger partial charge in [-0.1, -0.05) is 50.8 Å². The molecule has 0 saturated carbocycles. The molecule has 7 nitrogen and oxygen atoms in total. The Kier molecular flexibility index (Phi) is 5.73. The van der Waals surface area contributed by atoms with Crippen molar-refractivity contribution in [2.24, 2.45) is 14.1 Å². The van der Waals surface area contributed by atoms with E-state index in [0.717, 1.165) is 10.1 Å². The lowest BCUT2D eigenvalue weighted by Gasteiger charge is -2.17. The average molecular weight is 407 g/mol. The Bertz CT molecular complexity index is 1270. The first kappa shape index (κ1) is 21.2. The molecule has 3 aromatic rings. The first-order valence-electron chi connectivity index (χ1n) is 9.67. The molecule has 156 valence electrons. The molecule has 0 unspecified atom stereocenters. The second-order valence-corrected chi connectivity index (χ2v) is 7.52. The molecule has 0 saturated heterocycles. The molecular weight excluding hydrogens is 382 g/mol. The predicted octanol–water partition coefficient (Wildman–Crippen LogP) is 3.07. The maximum absolute atomic E-state index is 13.1. The molecule has 0 radical (unpaired) electrons. The molecule has 3 rings (SSSR count). The molecule has 7 heteroatoms. The molecule has 2 aromatic heterocycles. The smallest absolute Gasteiger partial charge is 0.340 e. The molecule has 0 amide bonds. The standard InChI is InChI=1S/C23H25N3O4/c1-7-12-30-22(28)17-14(4)24-20-19(21(27)26(6)23(29)25(20)5)18(17)16-10-8-15(9-11-16)13(2)3/h7-11,13H,1,12H2,2-6H3. The Morgan fingerprint density at radius 3 is 2.37 bits per heavy atom. The van der Waals surface area contributed by atoms with E-state index in [1.54, 1.807) is 14.0 Å². The number of ether oxygens (including phenoxy) is 1. The number of benzene rings is 1. The molecule has 0 aliphatic carbocycles. The van der Waals surface area contributed by atoms with Crippen molar-refractivity contribution >= 4 is 17.0 Å². The topological polar surface area (TPSA) is 83.2 Å². The van der Waals surface area contributed by atoms with Crippen LogP contribution < -0.4 is 11.2 Å². The van der Waals surface area contributed by atoms with Gasteiger partial charge in [0.25, 0.3) is 5.56 Å². The summed E-state index contributed by atoms with van der Waals surface area (Å²) < 4.78 is 7.61. The van der Waals surface area contributed by atoms with Crippen LogP contribution in [0, 0.1) is 6.92 Å². The van der Waals surface area contributed by atoms with Gasteiger partial charge in [0, 0.05) is 19.7 Å². The van der Waals surface area contributed by atoms with Crippen molar-refractivity contribution < 1.29 is 9.53 Å². The number of rotatable bonds is 5. The number of aromatic nitrogens is 3. The summed E-state index contributed by atoms with van der Waals surface area (Å²) in [4.78, 5) is 42.9. The second kappa shape index (κ2) is 8.10. The number of fused-ring (bicyclic) bond motifs is 1. The van der Waals surface area contributed by atoms with Crippen molar-refractivity contribution in [3.8, 4) is 11.1 Å². The van der Waals surface area contributed by atoms with Gasteiger partial charge in [-0.05, 0) is 24.0 Å². The molecule has 0 aliphatic heterocycles. The Labute approximate surface area is 174 Å². The number of aryl methyl sites for hydroxylation is 2. The van der Waals surface area contributed by atoms with Crippen molar-refractivity contribution in [2.75, 3.05) is 6.61 Å². The third-order valence-corrected chi connectivity index (χ3v) is 5.17. The minimum atomic E-state index is -0.597. The van der Waals surface area contributed by atoms with E-state index in [1.165, 1.54) is 17.7 Å². The molecular formula is C23H25N3O4. The normalized spacial score (nSPS) is 11.1. The molecule has 0 bridgehead atoms. The van der Waals surface area contributed by atoms with Crippen LogP contribution in [0.4, 0.5) is 0 Å². The number of carbonyl (C=O) groups excluding carboxylic acids is 1. The van der Waals surface area contributed by atoms with Gasteiger partial charge in [-0.25, -0.2) is 14.6 Å². The highest BCUT2D eigenvalue weighted by Crippen LogP contribution is 2.32. The molecule has 0 N–H and O–H groups in total. The van der Waals surface area contributed by atoms with Gasteiger partial charge >= 0.3 is 11.7 Å². The number of hydrogen-bond acceptors (Lipinski definition) is 5. The molecule has 0 aliphatic rings. The fraction of sp³-hybridized carbons (Fsp3) is 0.304. The van der Waals surface area contributed by atoms with Crippen molar-refractivity contribution in [3.05, 3.63) is 74.6 Å². The van der Waals surface area contributed by atoms with E-state index in [0.29, 0.717) is 22.7 Å². The quantitative estimate of drug-likeness (QED) is 0.479. The summed E-state index contributed by atoms with van der Waals surface area (Å²) in [5.41, 5.74) is 2.03. The van der Waals surface area contributed by atoms with Crippen LogP contribution in [0.3, 0.4) is 0 Å². The van der Waals surface area contributed by atoms with Crippen molar-refractivity contribution in [2.45, 2.75) is 26.7 Å². The highest BCUT2D eigenvalue weighted by Gasteiger charge is 2.25. The summed E-state index contributed by atoms with van der Waals surface area (Å²) in [7, 11) is 2.96. The maximum Gasteiger partial charge on any atom is 0.340 e.